The standard InChI is InChI=1S/C50H82N6O18/c1-50(36-69-33-26-39(58)51-29-14-8-2-5-11-19-47(66)72-54-42(61)18-17-32-57,37-70-34-27-40(59)52-30-15-9-3-6-12-20-48(67)73-55-43(62)22-23-44(55)63)38-71-35-28-41(60)53-31-16-10-4-7-13-21-49(68)74-56-45(64)24-25-46(56)65/h22-23,32,45,62-64H,2-21,24-31,33-38H2,1H3,(H,51,58)(H,52,59)(H,53,60)(H,54,61). The average molecular weight is 1060 g/mol. The first-order chi connectivity index (χ1) is 35.6. The van der Waals surface area contributed by atoms with E-state index in [0.717, 1.165) is 82.1 Å². The summed E-state index contributed by atoms with van der Waals surface area (Å²) in [6.07, 6.45) is 12.1. The molecule has 0 aromatic carbocycles. The molecule has 0 saturated carbocycles. The van der Waals surface area contributed by atoms with E-state index in [0.29, 0.717) is 49.9 Å². The van der Waals surface area contributed by atoms with Crippen LogP contribution in [-0.4, -0.2) is 144 Å². The van der Waals surface area contributed by atoms with Crippen molar-refractivity contribution < 1.29 is 87.2 Å². The summed E-state index contributed by atoms with van der Waals surface area (Å²) >= 11 is 0. The van der Waals surface area contributed by atoms with E-state index in [1.165, 1.54) is 12.1 Å². The Kier molecular flexibility index (Phi) is 34.4. The van der Waals surface area contributed by atoms with Crippen LogP contribution in [0.25, 0.3) is 0 Å². The van der Waals surface area contributed by atoms with Crippen molar-refractivity contribution in [2.45, 2.75) is 174 Å². The van der Waals surface area contributed by atoms with Crippen molar-refractivity contribution in [3.05, 3.63) is 12.1 Å². The smallest absolute Gasteiger partial charge is 0.333 e. The van der Waals surface area contributed by atoms with Gasteiger partial charge < -0.3 is 64.8 Å². The molecule has 5 amide bonds. The molecule has 0 bridgehead atoms. The van der Waals surface area contributed by atoms with Crippen LogP contribution >= 0.6 is 0 Å². The molecule has 2 rings (SSSR count). The van der Waals surface area contributed by atoms with Crippen LogP contribution in [0.2, 0.25) is 0 Å². The molecular weight excluding hydrogens is 973 g/mol. The van der Waals surface area contributed by atoms with Crippen LogP contribution in [0.5, 0.6) is 11.8 Å². The third-order valence-corrected chi connectivity index (χ3v) is 11.5. The first-order valence-electron chi connectivity index (χ1n) is 26.1. The van der Waals surface area contributed by atoms with Gasteiger partial charge in [0.2, 0.25) is 29.5 Å². The largest absolute Gasteiger partial charge is 0.492 e. The number of aliphatic hydroxyl groups is 1. The molecule has 1 aromatic rings. The molecule has 2 atom stereocenters. The van der Waals surface area contributed by atoms with Crippen molar-refractivity contribution in [3.8, 4) is 11.8 Å². The molecular formula is C50H82N6O18. The highest BCUT2D eigenvalue weighted by atomic mass is 16.7. The molecule has 1 fully saturated rings. The number of unbranched alkanes of at least 4 members (excludes halogenated alkanes) is 12. The summed E-state index contributed by atoms with van der Waals surface area (Å²) in [6, 6.07) is 2.41. The number of amides is 5. The van der Waals surface area contributed by atoms with Crippen molar-refractivity contribution in [3.63, 3.8) is 0 Å². The lowest BCUT2D eigenvalue weighted by atomic mass is 9.94. The second-order valence-corrected chi connectivity index (χ2v) is 18.5. The number of aliphatic hydroxyl groups excluding tert-OH is 1. The van der Waals surface area contributed by atoms with Gasteiger partial charge >= 0.3 is 17.9 Å². The topological polar surface area (TPSA) is 326 Å². The number of aromatic nitrogens is 1. The Morgan fingerprint density at radius 2 is 0.986 bits per heavy atom. The Morgan fingerprint density at radius 1 is 0.581 bits per heavy atom. The molecule has 0 aliphatic carbocycles. The first-order valence-corrected chi connectivity index (χ1v) is 26.1. The maximum absolute atomic E-state index is 12.5. The van der Waals surface area contributed by atoms with Crippen LogP contribution in [0, 0.1) is 5.41 Å². The quantitative estimate of drug-likeness (QED) is 0.0280. The summed E-state index contributed by atoms with van der Waals surface area (Å²) in [6.45, 7) is 4.36. The summed E-state index contributed by atoms with van der Waals surface area (Å²) in [5, 5.41) is 38.3. The zero-order valence-corrected chi connectivity index (χ0v) is 43.2. The minimum atomic E-state index is -1.09. The van der Waals surface area contributed by atoms with Crippen molar-refractivity contribution in [2.75, 3.05) is 59.3 Å². The Balaban J connectivity index is 1.63. The number of carbonyl (C=O) groups excluding carboxylic acids is 9. The predicted molar refractivity (Wildman–Crippen MR) is 264 cm³/mol. The number of hydrogen-bond acceptors (Lipinski definition) is 18. The monoisotopic (exact) mass is 1050 g/mol. The van der Waals surface area contributed by atoms with Gasteiger partial charge in [0, 0.05) is 101 Å². The number of ether oxygens (including phenoxy) is 3. The fraction of sp³-hybridized carbons (Fsp3) is 0.740. The first kappa shape index (κ1) is 64.3. The fourth-order valence-corrected chi connectivity index (χ4v) is 7.26. The summed E-state index contributed by atoms with van der Waals surface area (Å²) in [5.41, 5.74) is 1.35. The van der Waals surface area contributed by atoms with Crippen molar-refractivity contribution >= 4 is 53.7 Å². The normalized spacial score (nSPS) is 13.9. The van der Waals surface area contributed by atoms with E-state index in [1.807, 2.05) is 12.4 Å². The minimum Gasteiger partial charge on any atom is -0.492 e. The summed E-state index contributed by atoms with van der Waals surface area (Å²) in [5.74, 6) is -3.88. The molecule has 2 unspecified atom stereocenters. The lowest BCUT2D eigenvalue weighted by Crippen LogP contribution is -2.36. The van der Waals surface area contributed by atoms with E-state index >= 15 is 0 Å². The van der Waals surface area contributed by atoms with Gasteiger partial charge in [0.05, 0.1) is 39.6 Å². The molecule has 0 radical (unpaired) electrons. The average Bonchev–Trinajstić information content (AvgIpc) is 3.86. The van der Waals surface area contributed by atoms with Gasteiger partial charge in [-0.2, -0.15) is 5.48 Å². The Morgan fingerprint density at radius 3 is 1.41 bits per heavy atom. The molecule has 24 heteroatoms. The second kappa shape index (κ2) is 39.6. The molecule has 420 valence electrons. The number of nitrogens with one attached hydrogen (secondary N) is 4. The molecule has 2 heterocycles. The van der Waals surface area contributed by atoms with E-state index in [2.05, 4.69) is 20.8 Å². The highest BCUT2D eigenvalue weighted by Crippen LogP contribution is 2.21. The SMILES string of the molecule is CC(COCCC(=O)NCCCCCCCC(=O)ONC(=O)CCC=O)(COCCC(=O)NCCCCCCCC(=O)ON1C(=O)CCC1O)COCCC(=O)NCCCCCCCC(=O)On1c(O)ccc1O. The number of aldehydes is 1. The lowest BCUT2D eigenvalue weighted by Gasteiger charge is -2.29. The zero-order chi connectivity index (χ0) is 54.2. The molecule has 24 nitrogen and oxygen atoms in total. The van der Waals surface area contributed by atoms with Gasteiger partial charge in [-0.1, -0.05) is 64.7 Å². The fourth-order valence-electron chi connectivity index (χ4n) is 7.26. The van der Waals surface area contributed by atoms with Crippen LogP contribution in [0.3, 0.4) is 0 Å². The van der Waals surface area contributed by atoms with Gasteiger partial charge in [-0.3, -0.25) is 24.0 Å². The van der Waals surface area contributed by atoms with Crippen LogP contribution < -0.4 is 26.3 Å². The van der Waals surface area contributed by atoms with Crippen LogP contribution in [0.4, 0.5) is 0 Å². The zero-order valence-electron chi connectivity index (χ0n) is 43.2. The van der Waals surface area contributed by atoms with Crippen molar-refractivity contribution in [1.82, 2.24) is 31.2 Å². The van der Waals surface area contributed by atoms with E-state index in [4.69, 9.17) is 23.9 Å². The molecule has 1 aliphatic rings. The van der Waals surface area contributed by atoms with Gasteiger partial charge in [-0.15, -0.1) is 9.79 Å². The van der Waals surface area contributed by atoms with E-state index in [-0.39, 0.29) is 133 Å². The molecule has 7 N–H and O–H groups in total. The molecule has 0 spiro atoms. The van der Waals surface area contributed by atoms with E-state index in [9.17, 15) is 58.5 Å². The van der Waals surface area contributed by atoms with Crippen LogP contribution in [-0.2, 0) is 67.0 Å². The number of rotatable bonds is 44. The number of carbonyl (C=O) groups is 9. The predicted octanol–water partition coefficient (Wildman–Crippen LogP) is 3.40. The van der Waals surface area contributed by atoms with E-state index < -0.39 is 41.4 Å². The number of nitrogens with zero attached hydrogens (tertiary/aromatic N) is 2. The molecule has 1 aliphatic heterocycles. The molecule has 74 heavy (non-hydrogen) atoms. The third kappa shape index (κ3) is 31.7. The molecule has 1 aromatic heterocycles. The maximum atomic E-state index is 12.5. The van der Waals surface area contributed by atoms with Gasteiger partial charge in [-0.05, 0) is 38.5 Å². The Labute approximate surface area is 433 Å². The molecule has 1 saturated heterocycles. The van der Waals surface area contributed by atoms with Gasteiger partial charge in [-0.25, -0.2) is 14.4 Å². The van der Waals surface area contributed by atoms with Gasteiger partial charge in [0.15, 0.2) is 6.23 Å². The van der Waals surface area contributed by atoms with Crippen molar-refractivity contribution in [1.29, 1.82) is 0 Å². The lowest BCUT2D eigenvalue weighted by molar-refractivity contribution is -0.220. The van der Waals surface area contributed by atoms with E-state index in [1.54, 1.807) is 0 Å². The highest BCUT2D eigenvalue weighted by Gasteiger charge is 2.33. The minimum absolute atomic E-state index is 0.0457. The maximum Gasteiger partial charge on any atom is 0.333 e. The summed E-state index contributed by atoms with van der Waals surface area (Å²) in [4.78, 5) is 121. The third-order valence-electron chi connectivity index (χ3n) is 11.5. The van der Waals surface area contributed by atoms with Crippen LogP contribution in [0.15, 0.2) is 12.1 Å². The number of hydroxylamine groups is 3. The Hall–Kier alpha value is -5.85. The highest BCUT2D eigenvalue weighted by molar-refractivity contribution is 5.80. The van der Waals surface area contributed by atoms with Gasteiger partial charge in [0.25, 0.3) is 11.8 Å². The van der Waals surface area contributed by atoms with Crippen LogP contribution in [0.1, 0.15) is 167 Å². The number of aromatic hydroxyl groups is 2. The number of hydrogen-bond donors (Lipinski definition) is 7. The van der Waals surface area contributed by atoms with Gasteiger partial charge in [0.1, 0.15) is 6.29 Å². The van der Waals surface area contributed by atoms with Crippen molar-refractivity contribution in [2.24, 2.45) is 5.41 Å². The second-order valence-electron chi connectivity index (χ2n) is 18.5. The Bertz CT molecular complexity index is 1830. The summed E-state index contributed by atoms with van der Waals surface area (Å²) in [7, 11) is 0. The summed E-state index contributed by atoms with van der Waals surface area (Å²) < 4.78 is 18.4.